The molecule has 1 aliphatic rings. The molecule has 1 aliphatic heterocycles. The third-order valence-electron chi connectivity index (χ3n) is 3.63. The second-order valence-electron chi connectivity index (χ2n) is 5.08. The number of nitrogens with one attached hydrogen (secondary N) is 1. The highest BCUT2D eigenvalue weighted by Crippen LogP contribution is 2.32. The number of ketones is 1. The predicted octanol–water partition coefficient (Wildman–Crippen LogP) is 1.76. The van der Waals surface area contributed by atoms with Gasteiger partial charge in [0.25, 0.3) is 0 Å². The molecule has 0 amide bonds. The van der Waals surface area contributed by atoms with Gasteiger partial charge in [0.05, 0.1) is 19.6 Å². The molecule has 0 spiro atoms. The molecular formula is C16H23NO4. The van der Waals surface area contributed by atoms with Crippen LogP contribution in [-0.2, 0) is 9.53 Å². The first kappa shape index (κ1) is 15.8. The molecule has 1 heterocycles. The molecule has 5 nitrogen and oxygen atoms in total. The summed E-state index contributed by atoms with van der Waals surface area (Å²) in [6.07, 6.45) is 1.40. The number of ether oxygens (including phenoxy) is 3. The Balaban J connectivity index is 2.10. The van der Waals surface area contributed by atoms with Crippen molar-refractivity contribution in [1.29, 1.82) is 0 Å². The molecule has 1 N–H and O–H groups in total. The fourth-order valence-electron chi connectivity index (χ4n) is 2.46. The lowest BCUT2D eigenvalue weighted by molar-refractivity contribution is -0.121. The number of benzene rings is 1. The molecule has 0 aliphatic carbocycles. The number of hydrogen-bond donors (Lipinski definition) is 1. The average molecular weight is 293 g/mol. The number of hydrogen-bond acceptors (Lipinski definition) is 5. The minimum Gasteiger partial charge on any atom is -0.493 e. The van der Waals surface area contributed by atoms with Crippen molar-refractivity contribution in [3.8, 4) is 11.5 Å². The molecule has 0 radical (unpaired) electrons. The summed E-state index contributed by atoms with van der Waals surface area (Å²) in [7, 11) is 3.28. The first-order chi connectivity index (χ1) is 10.3. The largest absolute Gasteiger partial charge is 0.493 e. The molecular weight excluding hydrogens is 270 g/mol. The first-order valence-corrected chi connectivity index (χ1v) is 7.29. The van der Waals surface area contributed by atoms with Crippen LogP contribution in [0.25, 0.3) is 0 Å². The smallest absolute Gasteiger partial charge is 0.161 e. The van der Waals surface area contributed by atoms with Crippen molar-refractivity contribution in [1.82, 2.24) is 5.32 Å². The molecule has 0 aromatic heterocycles. The third kappa shape index (κ3) is 4.19. The summed E-state index contributed by atoms with van der Waals surface area (Å²) in [6.45, 7) is 2.68. The molecule has 2 rings (SSSR count). The van der Waals surface area contributed by atoms with E-state index in [2.05, 4.69) is 5.32 Å². The van der Waals surface area contributed by atoms with E-state index in [0.717, 1.165) is 18.5 Å². The maximum atomic E-state index is 12.0. The van der Waals surface area contributed by atoms with Crippen LogP contribution in [0.4, 0.5) is 0 Å². The predicted molar refractivity (Wildman–Crippen MR) is 80.2 cm³/mol. The van der Waals surface area contributed by atoms with Crippen molar-refractivity contribution in [2.75, 3.05) is 40.5 Å². The summed E-state index contributed by atoms with van der Waals surface area (Å²) in [4.78, 5) is 12.0. The van der Waals surface area contributed by atoms with Crippen molar-refractivity contribution in [2.24, 2.45) is 0 Å². The normalized spacial score (nSPS) is 18.6. The Hall–Kier alpha value is -1.59. The van der Waals surface area contributed by atoms with Gasteiger partial charge < -0.3 is 19.5 Å². The summed E-state index contributed by atoms with van der Waals surface area (Å²) < 4.78 is 16.1. The number of rotatable bonds is 7. The van der Waals surface area contributed by atoms with Crippen LogP contribution in [0, 0.1) is 0 Å². The second-order valence-corrected chi connectivity index (χ2v) is 5.08. The highest BCUT2D eigenvalue weighted by atomic mass is 16.5. The Bertz CT molecular complexity index is 475. The van der Waals surface area contributed by atoms with E-state index >= 15 is 0 Å². The van der Waals surface area contributed by atoms with Gasteiger partial charge in [-0.1, -0.05) is 6.07 Å². The molecule has 5 heteroatoms. The molecule has 1 aromatic rings. The van der Waals surface area contributed by atoms with Crippen molar-refractivity contribution in [3.63, 3.8) is 0 Å². The fourth-order valence-corrected chi connectivity index (χ4v) is 2.46. The van der Waals surface area contributed by atoms with Crippen molar-refractivity contribution in [2.45, 2.75) is 18.8 Å². The van der Waals surface area contributed by atoms with Gasteiger partial charge in [-0.15, -0.1) is 0 Å². The monoisotopic (exact) mass is 293 g/mol. The van der Waals surface area contributed by atoms with Gasteiger partial charge in [-0.2, -0.15) is 0 Å². The van der Waals surface area contributed by atoms with E-state index in [1.54, 1.807) is 14.2 Å². The number of carbonyl (C=O) groups excluding carboxylic acids is 1. The Morgan fingerprint density at radius 3 is 2.81 bits per heavy atom. The van der Waals surface area contributed by atoms with Crippen molar-refractivity contribution >= 4 is 5.78 Å². The maximum absolute atomic E-state index is 12.0. The van der Waals surface area contributed by atoms with E-state index in [4.69, 9.17) is 14.2 Å². The number of Topliss-reactive ketones (excluding diaryl/α,β-unsaturated/α-hetero) is 1. The molecule has 21 heavy (non-hydrogen) atoms. The zero-order chi connectivity index (χ0) is 15.1. The lowest BCUT2D eigenvalue weighted by Crippen LogP contribution is -2.35. The van der Waals surface area contributed by atoms with Crippen LogP contribution in [-0.4, -0.2) is 46.3 Å². The Morgan fingerprint density at radius 2 is 2.10 bits per heavy atom. The zero-order valence-electron chi connectivity index (χ0n) is 12.7. The molecule has 1 aromatic carbocycles. The van der Waals surface area contributed by atoms with Crippen LogP contribution >= 0.6 is 0 Å². The standard InChI is InChI=1S/C16H23NO4/c1-19-8-3-9-21-16-10-12(4-5-15(16)20-2)13-11-17-7-6-14(13)18/h4-5,10,13,17H,3,6-9,11H2,1-2H3. The summed E-state index contributed by atoms with van der Waals surface area (Å²) in [6, 6.07) is 5.72. The van der Waals surface area contributed by atoms with E-state index in [1.807, 2.05) is 18.2 Å². The second kappa shape index (κ2) is 8.00. The molecule has 1 unspecified atom stereocenters. The van der Waals surface area contributed by atoms with Gasteiger partial charge in [0.2, 0.25) is 0 Å². The van der Waals surface area contributed by atoms with E-state index in [1.165, 1.54) is 0 Å². The molecule has 1 atom stereocenters. The minimum atomic E-state index is -0.0917. The van der Waals surface area contributed by atoms with Gasteiger partial charge in [0.1, 0.15) is 5.78 Å². The Kier molecular flexibility index (Phi) is 6.02. The van der Waals surface area contributed by atoms with Crippen molar-refractivity contribution in [3.05, 3.63) is 23.8 Å². The lowest BCUT2D eigenvalue weighted by atomic mass is 9.90. The summed E-state index contributed by atoms with van der Waals surface area (Å²) in [5.41, 5.74) is 0.981. The Labute approximate surface area is 125 Å². The van der Waals surface area contributed by atoms with Gasteiger partial charge in [-0.25, -0.2) is 0 Å². The molecule has 0 bridgehead atoms. The van der Waals surface area contributed by atoms with E-state index < -0.39 is 0 Å². The zero-order valence-corrected chi connectivity index (χ0v) is 12.7. The van der Waals surface area contributed by atoms with Crippen LogP contribution in [0.1, 0.15) is 24.3 Å². The maximum Gasteiger partial charge on any atom is 0.161 e. The van der Waals surface area contributed by atoms with Crippen LogP contribution in [0.5, 0.6) is 11.5 Å². The van der Waals surface area contributed by atoms with Gasteiger partial charge in [0.15, 0.2) is 11.5 Å². The molecule has 1 fully saturated rings. The number of piperidine rings is 1. The van der Waals surface area contributed by atoms with E-state index in [9.17, 15) is 4.79 Å². The number of methoxy groups -OCH3 is 2. The van der Waals surface area contributed by atoms with Gasteiger partial charge in [-0.05, 0) is 17.7 Å². The number of carbonyl (C=O) groups is 1. The minimum absolute atomic E-state index is 0.0917. The molecule has 116 valence electrons. The Morgan fingerprint density at radius 1 is 1.24 bits per heavy atom. The van der Waals surface area contributed by atoms with Crippen LogP contribution < -0.4 is 14.8 Å². The van der Waals surface area contributed by atoms with Gasteiger partial charge in [-0.3, -0.25) is 4.79 Å². The SMILES string of the molecule is COCCCOc1cc(C2CNCCC2=O)ccc1OC. The van der Waals surface area contributed by atoms with Crippen LogP contribution in [0.2, 0.25) is 0 Å². The lowest BCUT2D eigenvalue weighted by Gasteiger charge is -2.23. The topological polar surface area (TPSA) is 56.8 Å². The van der Waals surface area contributed by atoms with Crippen molar-refractivity contribution < 1.29 is 19.0 Å². The third-order valence-corrected chi connectivity index (χ3v) is 3.63. The summed E-state index contributed by atoms with van der Waals surface area (Å²) in [5.74, 6) is 1.56. The highest BCUT2D eigenvalue weighted by Gasteiger charge is 2.24. The van der Waals surface area contributed by atoms with E-state index in [-0.39, 0.29) is 11.7 Å². The van der Waals surface area contributed by atoms with Crippen LogP contribution in [0.3, 0.4) is 0 Å². The quantitative estimate of drug-likeness (QED) is 0.776. The summed E-state index contributed by atoms with van der Waals surface area (Å²) in [5, 5.41) is 3.26. The average Bonchev–Trinajstić information content (AvgIpc) is 2.52. The summed E-state index contributed by atoms with van der Waals surface area (Å²) >= 11 is 0. The fraction of sp³-hybridized carbons (Fsp3) is 0.562. The molecule has 0 saturated carbocycles. The molecule has 1 saturated heterocycles. The van der Waals surface area contributed by atoms with Gasteiger partial charge in [0, 0.05) is 39.6 Å². The van der Waals surface area contributed by atoms with Crippen LogP contribution in [0.15, 0.2) is 18.2 Å². The van der Waals surface area contributed by atoms with E-state index in [0.29, 0.717) is 37.7 Å². The highest BCUT2D eigenvalue weighted by molar-refractivity contribution is 5.87. The van der Waals surface area contributed by atoms with Gasteiger partial charge >= 0.3 is 0 Å². The first-order valence-electron chi connectivity index (χ1n) is 7.29.